The lowest BCUT2D eigenvalue weighted by molar-refractivity contribution is -0.125. The number of hydrogen-bond donors (Lipinski definition) is 1. The lowest BCUT2D eigenvalue weighted by Gasteiger charge is -2.29. The number of fused-ring (bicyclic) bond motifs is 1. The Morgan fingerprint density at radius 1 is 1.11 bits per heavy atom. The average molecular weight is 383 g/mol. The monoisotopic (exact) mass is 383 g/mol. The van der Waals surface area contributed by atoms with Crippen LogP contribution in [0, 0.1) is 5.41 Å². The fraction of sp³-hybridized carbons (Fsp3) is 0.526. The lowest BCUT2D eigenvalue weighted by atomic mass is 9.95. The molecule has 0 saturated carbocycles. The van der Waals surface area contributed by atoms with Crippen LogP contribution in [-0.2, 0) is 16.0 Å². The number of rotatable bonds is 2. The summed E-state index contributed by atoms with van der Waals surface area (Å²) in [7, 11) is 0. The van der Waals surface area contributed by atoms with Crippen LogP contribution in [0.15, 0.2) is 12.4 Å². The maximum Gasteiger partial charge on any atom is 0.233 e. The molecule has 2 aliphatic heterocycles. The zero-order valence-electron chi connectivity index (χ0n) is 16.5. The summed E-state index contributed by atoms with van der Waals surface area (Å²) in [5, 5.41) is 0. The first-order valence-electron chi connectivity index (χ1n) is 9.48. The Kier molecular flexibility index (Phi) is 4.62. The van der Waals surface area contributed by atoms with Gasteiger partial charge in [0, 0.05) is 48.6 Å². The third-order valence-corrected chi connectivity index (χ3v) is 4.94. The minimum Gasteiger partial charge on any atom is -0.378 e. The average Bonchev–Trinajstić information content (AvgIpc) is 3.11. The smallest absolute Gasteiger partial charge is 0.233 e. The van der Waals surface area contributed by atoms with Crippen molar-refractivity contribution in [2.45, 2.75) is 27.2 Å². The standard InChI is InChI=1S/C19H25N7O2/c1-19(2,3)16(27)26-5-4-13-14(12-10-21-17(20)22-11-12)23-18(24-15(13)26)25-6-8-28-9-7-25/h10-11H,4-9H2,1-3H3,(H2,20,21,22). The van der Waals surface area contributed by atoms with E-state index in [2.05, 4.69) is 14.9 Å². The first-order valence-corrected chi connectivity index (χ1v) is 9.48. The van der Waals surface area contributed by atoms with Gasteiger partial charge in [-0.15, -0.1) is 0 Å². The van der Waals surface area contributed by atoms with E-state index in [0.29, 0.717) is 51.0 Å². The molecule has 148 valence electrons. The second-order valence-corrected chi connectivity index (χ2v) is 8.06. The van der Waals surface area contributed by atoms with Crippen LogP contribution in [0.3, 0.4) is 0 Å². The van der Waals surface area contributed by atoms with Crippen LogP contribution < -0.4 is 15.5 Å². The summed E-state index contributed by atoms with van der Waals surface area (Å²) >= 11 is 0. The van der Waals surface area contributed by atoms with Gasteiger partial charge >= 0.3 is 0 Å². The highest BCUT2D eigenvalue weighted by Crippen LogP contribution is 2.37. The number of ether oxygens (including phenoxy) is 1. The molecule has 2 aromatic rings. The first kappa shape index (κ1) is 18.5. The molecular formula is C19H25N7O2. The van der Waals surface area contributed by atoms with Crippen LogP contribution in [0.5, 0.6) is 0 Å². The van der Waals surface area contributed by atoms with Gasteiger partial charge in [0.05, 0.1) is 18.9 Å². The fourth-order valence-electron chi connectivity index (χ4n) is 3.45. The van der Waals surface area contributed by atoms with Crippen molar-refractivity contribution in [3.05, 3.63) is 18.0 Å². The van der Waals surface area contributed by atoms with Gasteiger partial charge < -0.3 is 15.4 Å². The molecular weight excluding hydrogens is 358 g/mol. The molecule has 4 rings (SSSR count). The molecule has 1 fully saturated rings. The van der Waals surface area contributed by atoms with Crippen LogP contribution in [0.4, 0.5) is 17.7 Å². The molecule has 0 unspecified atom stereocenters. The van der Waals surface area contributed by atoms with E-state index < -0.39 is 5.41 Å². The molecule has 0 spiro atoms. The van der Waals surface area contributed by atoms with Crippen molar-refractivity contribution in [2.24, 2.45) is 5.41 Å². The fourth-order valence-corrected chi connectivity index (χ4v) is 3.45. The van der Waals surface area contributed by atoms with Crippen molar-refractivity contribution in [2.75, 3.05) is 48.4 Å². The van der Waals surface area contributed by atoms with Gasteiger partial charge in [-0.2, -0.15) is 4.98 Å². The Hall–Kier alpha value is -2.81. The minimum atomic E-state index is -0.490. The predicted octanol–water partition coefficient (Wildman–Crippen LogP) is 1.29. The highest BCUT2D eigenvalue weighted by atomic mass is 16.5. The van der Waals surface area contributed by atoms with Gasteiger partial charge in [0.15, 0.2) is 0 Å². The molecule has 2 aromatic heterocycles. The van der Waals surface area contributed by atoms with Crippen molar-refractivity contribution >= 4 is 23.6 Å². The summed E-state index contributed by atoms with van der Waals surface area (Å²) in [6, 6.07) is 0. The van der Waals surface area contributed by atoms with Crippen LogP contribution in [0.25, 0.3) is 11.3 Å². The quantitative estimate of drug-likeness (QED) is 0.826. The first-order chi connectivity index (χ1) is 13.3. The van der Waals surface area contributed by atoms with E-state index in [1.165, 1.54) is 0 Å². The number of aromatic nitrogens is 4. The molecule has 2 N–H and O–H groups in total. The van der Waals surface area contributed by atoms with Crippen LogP contribution >= 0.6 is 0 Å². The number of anilines is 3. The molecule has 1 saturated heterocycles. The van der Waals surface area contributed by atoms with Crippen molar-refractivity contribution in [1.29, 1.82) is 0 Å². The third-order valence-electron chi connectivity index (χ3n) is 4.94. The van der Waals surface area contributed by atoms with Gasteiger partial charge in [-0.3, -0.25) is 9.69 Å². The largest absolute Gasteiger partial charge is 0.378 e. The van der Waals surface area contributed by atoms with E-state index in [1.54, 1.807) is 17.3 Å². The molecule has 9 heteroatoms. The molecule has 0 bridgehead atoms. The number of carbonyl (C=O) groups is 1. The molecule has 0 radical (unpaired) electrons. The molecule has 0 atom stereocenters. The van der Waals surface area contributed by atoms with E-state index in [9.17, 15) is 4.79 Å². The summed E-state index contributed by atoms with van der Waals surface area (Å²) in [6.45, 7) is 9.05. The number of amides is 1. The van der Waals surface area contributed by atoms with Gasteiger partial charge in [0.2, 0.25) is 17.8 Å². The minimum absolute atomic E-state index is 0.0531. The predicted molar refractivity (Wildman–Crippen MR) is 106 cm³/mol. The molecule has 28 heavy (non-hydrogen) atoms. The van der Waals surface area contributed by atoms with Gasteiger partial charge in [-0.1, -0.05) is 20.8 Å². The molecule has 0 aromatic carbocycles. The third kappa shape index (κ3) is 3.37. The van der Waals surface area contributed by atoms with Crippen molar-refractivity contribution in [1.82, 2.24) is 19.9 Å². The van der Waals surface area contributed by atoms with E-state index in [0.717, 1.165) is 16.8 Å². The van der Waals surface area contributed by atoms with Gasteiger partial charge in [0.25, 0.3) is 0 Å². The topological polar surface area (TPSA) is 110 Å². The Balaban J connectivity index is 1.83. The zero-order chi connectivity index (χ0) is 19.9. The van der Waals surface area contributed by atoms with Crippen molar-refractivity contribution in [3.63, 3.8) is 0 Å². The number of carbonyl (C=O) groups excluding carboxylic acids is 1. The van der Waals surface area contributed by atoms with Crippen LogP contribution in [-0.4, -0.2) is 58.7 Å². The summed E-state index contributed by atoms with van der Waals surface area (Å²) in [4.78, 5) is 34.7. The highest BCUT2D eigenvalue weighted by molar-refractivity contribution is 5.98. The van der Waals surface area contributed by atoms with Gasteiger partial charge in [-0.05, 0) is 6.42 Å². The second kappa shape index (κ2) is 6.97. The molecule has 1 amide bonds. The summed E-state index contributed by atoms with van der Waals surface area (Å²) in [6.07, 6.45) is 4.03. The van der Waals surface area contributed by atoms with Crippen LogP contribution in [0.2, 0.25) is 0 Å². The van der Waals surface area contributed by atoms with Gasteiger partial charge in [-0.25, -0.2) is 15.0 Å². The van der Waals surface area contributed by atoms with E-state index in [-0.39, 0.29) is 11.9 Å². The number of nitrogens with zero attached hydrogens (tertiary/aromatic N) is 6. The SMILES string of the molecule is CC(C)(C)C(=O)N1CCc2c(-c3cnc(N)nc3)nc(N3CCOCC3)nc21. The van der Waals surface area contributed by atoms with E-state index in [4.69, 9.17) is 20.4 Å². The number of hydrogen-bond acceptors (Lipinski definition) is 8. The molecule has 0 aliphatic carbocycles. The Labute approximate surface area is 164 Å². The Bertz CT molecular complexity index is 886. The van der Waals surface area contributed by atoms with E-state index >= 15 is 0 Å². The maximum absolute atomic E-state index is 13.0. The molecule has 9 nitrogen and oxygen atoms in total. The van der Waals surface area contributed by atoms with Crippen molar-refractivity contribution < 1.29 is 9.53 Å². The molecule has 4 heterocycles. The van der Waals surface area contributed by atoms with Gasteiger partial charge in [0.1, 0.15) is 5.82 Å². The zero-order valence-corrected chi connectivity index (χ0v) is 16.5. The summed E-state index contributed by atoms with van der Waals surface area (Å²) < 4.78 is 5.45. The maximum atomic E-state index is 13.0. The van der Waals surface area contributed by atoms with Crippen LogP contribution in [0.1, 0.15) is 26.3 Å². The Morgan fingerprint density at radius 3 is 2.43 bits per heavy atom. The van der Waals surface area contributed by atoms with Crippen molar-refractivity contribution in [3.8, 4) is 11.3 Å². The number of nitrogens with two attached hydrogens (primary N) is 1. The Morgan fingerprint density at radius 2 is 1.79 bits per heavy atom. The number of morpholine rings is 1. The second-order valence-electron chi connectivity index (χ2n) is 8.06. The normalized spacial score (nSPS) is 17.0. The lowest BCUT2D eigenvalue weighted by Crippen LogP contribution is -2.40. The molecule has 2 aliphatic rings. The highest BCUT2D eigenvalue weighted by Gasteiger charge is 2.36. The summed E-state index contributed by atoms with van der Waals surface area (Å²) in [5.74, 6) is 1.55. The van der Waals surface area contributed by atoms with E-state index in [1.807, 2.05) is 20.8 Å². The summed E-state index contributed by atoms with van der Waals surface area (Å²) in [5.41, 5.74) is 7.63. The number of nitrogen functional groups attached to an aromatic ring is 1.